The Morgan fingerprint density at radius 2 is 2.07 bits per heavy atom. The standard InChI is InChI=1S/C21H33ClN4O/c1-6-23-20(25-16-11-12-26(13-16)19(27)15(2)3)24-14-21(4,5)17-9-7-8-10-18(17)22/h7-10,15-16H,6,11-14H2,1-5H3,(H2,23,24,25). The van der Waals surface area contributed by atoms with E-state index in [4.69, 9.17) is 16.6 Å². The van der Waals surface area contributed by atoms with E-state index >= 15 is 0 Å². The van der Waals surface area contributed by atoms with Crippen LogP contribution < -0.4 is 10.6 Å². The summed E-state index contributed by atoms with van der Waals surface area (Å²) in [6.45, 7) is 13.2. The summed E-state index contributed by atoms with van der Waals surface area (Å²) in [6, 6.07) is 8.17. The van der Waals surface area contributed by atoms with Crippen LogP contribution in [0, 0.1) is 5.92 Å². The maximum Gasteiger partial charge on any atom is 0.225 e. The first-order valence-electron chi connectivity index (χ1n) is 9.83. The van der Waals surface area contributed by atoms with Crippen LogP contribution in [-0.4, -0.2) is 49.0 Å². The number of nitrogens with one attached hydrogen (secondary N) is 2. The minimum Gasteiger partial charge on any atom is -0.357 e. The highest BCUT2D eigenvalue weighted by Gasteiger charge is 2.28. The molecular weight excluding hydrogens is 360 g/mol. The third kappa shape index (κ3) is 5.86. The van der Waals surface area contributed by atoms with Crippen molar-refractivity contribution in [1.29, 1.82) is 0 Å². The van der Waals surface area contributed by atoms with Crippen molar-refractivity contribution in [3.05, 3.63) is 34.9 Å². The number of rotatable bonds is 6. The fourth-order valence-corrected chi connectivity index (χ4v) is 3.72. The average Bonchev–Trinajstić information content (AvgIpc) is 3.08. The zero-order valence-corrected chi connectivity index (χ0v) is 17.9. The molecule has 1 aliphatic rings. The fourth-order valence-electron chi connectivity index (χ4n) is 3.33. The topological polar surface area (TPSA) is 56.7 Å². The summed E-state index contributed by atoms with van der Waals surface area (Å²) in [5, 5.41) is 7.58. The molecule has 1 atom stereocenters. The van der Waals surface area contributed by atoms with Gasteiger partial charge in [0.25, 0.3) is 0 Å². The Balaban J connectivity index is 2.02. The van der Waals surface area contributed by atoms with Gasteiger partial charge in [-0.2, -0.15) is 0 Å². The molecule has 0 aromatic heterocycles. The van der Waals surface area contributed by atoms with Gasteiger partial charge in [-0.05, 0) is 25.0 Å². The maximum atomic E-state index is 12.2. The van der Waals surface area contributed by atoms with Crippen molar-refractivity contribution in [2.45, 2.75) is 52.5 Å². The summed E-state index contributed by atoms with van der Waals surface area (Å²) >= 11 is 6.38. The van der Waals surface area contributed by atoms with Gasteiger partial charge in [-0.1, -0.05) is 57.5 Å². The van der Waals surface area contributed by atoms with Crippen molar-refractivity contribution in [2.75, 3.05) is 26.2 Å². The van der Waals surface area contributed by atoms with Crippen LogP contribution in [0.1, 0.15) is 46.6 Å². The van der Waals surface area contributed by atoms with Crippen molar-refractivity contribution in [3.63, 3.8) is 0 Å². The Morgan fingerprint density at radius 3 is 2.70 bits per heavy atom. The van der Waals surface area contributed by atoms with E-state index in [-0.39, 0.29) is 23.3 Å². The summed E-state index contributed by atoms with van der Waals surface area (Å²) in [5.41, 5.74) is 0.927. The highest BCUT2D eigenvalue weighted by molar-refractivity contribution is 6.31. The Morgan fingerprint density at radius 1 is 1.37 bits per heavy atom. The molecule has 1 heterocycles. The number of hydrogen-bond acceptors (Lipinski definition) is 2. The first kappa shape index (κ1) is 21.5. The molecule has 150 valence electrons. The molecule has 6 heteroatoms. The van der Waals surface area contributed by atoms with Gasteiger partial charge in [0, 0.05) is 42.0 Å². The Bertz CT molecular complexity index is 672. The van der Waals surface area contributed by atoms with Crippen molar-refractivity contribution in [2.24, 2.45) is 10.9 Å². The number of carbonyl (C=O) groups is 1. The van der Waals surface area contributed by atoms with E-state index in [1.807, 2.05) is 36.9 Å². The van der Waals surface area contributed by atoms with Gasteiger partial charge in [0.15, 0.2) is 5.96 Å². The van der Waals surface area contributed by atoms with E-state index in [2.05, 4.69) is 37.5 Å². The van der Waals surface area contributed by atoms with Crippen LogP contribution in [0.15, 0.2) is 29.3 Å². The van der Waals surface area contributed by atoms with Crippen LogP contribution in [0.3, 0.4) is 0 Å². The number of nitrogens with zero attached hydrogens (tertiary/aromatic N) is 2. The van der Waals surface area contributed by atoms with Crippen molar-refractivity contribution >= 4 is 23.5 Å². The van der Waals surface area contributed by atoms with E-state index < -0.39 is 0 Å². The lowest BCUT2D eigenvalue weighted by molar-refractivity contribution is -0.133. The predicted molar refractivity (Wildman–Crippen MR) is 113 cm³/mol. The number of benzene rings is 1. The van der Waals surface area contributed by atoms with Crippen molar-refractivity contribution in [3.8, 4) is 0 Å². The lowest BCUT2D eigenvalue weighted by Crippen LogP contribution is -2.45. The molecule has 1 aromatic rings. The van der Waals surface area contributed by atoms with Gasteiger partial charge < -0.3 is 15.5 Å². The van der Waals surface area contributed by atoms with Gasteiger partial charge >= 0.3 is 0 Å². The van der Waals surface area contributed by atoms with Crippen LogP contribution in [0.25, 0.3) is 0 Å². The van der Waals surface area contributed by atoms with E-state index in [0.717, 1.165) is 42.6 Å². The molecule has 1 amide bonds. The smallest absolute Gasteiger partial charge is 0.225 e. The first-order valence-corrected chi connectivity index (χ1v) is 10.2. The van der Waals surface area contributed by atoms with Gasteiger partial charge in [0.2, 0.25) is 5.91 Å². The molecule has 0 saturated carbocycles. The predicted octanol–water partition coefficient (Wildman–Crippen LogP) is 3.43. The van der Waals surface area contributed by atoms with E-state index in [1.165, 1.54) is 0 Å². The number of amides is 1. The van der Waals surface area contributed by atoms with Crippen molar-refractivity contribution in [1.82, 2.24) is 15.5 Å². The molecule has 0 radical (unpaired) electrons. The zero-order valence-electron chi connectivity index (χ0n) is 17.2. The Labute approximate surface area is 168 Å². The molecule has 27 heavy (non-hydrogen) atoms. The lowest BCUT2D eigenvalue weighted by Gasteiger charge is -2.25. The van der Waals surface area contributed by atoms with E-state index in [1.54, 1.807) is 0 Å². The maximum absolute atomic E-state index is 12.2. The van der Waals surface area contributed by atoms with Gasteiger partial charge in [0.1, 0.15) is 0 Å². The summed E-state index contributed by atoms with van der Waals surface area (Å²) in [5.74, 6) is 1.06. The van der Waals surface area contributed by atoms with Crippen LogP contribution in [-0.2, 0) is 10.2 Å². The summed E-state index contributed by atoms with van der Waals surface area (Å²) in [7, 11) is 0. The molecule has 1 aliphatic heterocycles. The van der Waals surface area contributed by atoms with Crippen LogP contribution in [0.4, 0.5) is 0 Å². The molecule has 1 unspecified atom stereocenters. The number of carbonyl (C=O) groups excluding carboxylic acids is 1. The van der Waals surface area contributed by atoms with Crippen molar-refractivity contribution < 1.29 is 4.79 Å². The molecule has 1 saturated heterocycles. The third-order valence-electron chi connectivity index (χ3n) is 4.91. The third-order valence-corrected chi connectivity index (χ3v) is 5.24. The zero-order chi connectivity index (χ0) is 20.0. The molecule has 5 nitrogen and oxygen atoms in total. The number of halogens is 1. The molecular formula is C21H33ClN4O. The number of hydrogen-bond donors (Lipinski definition) is 2. The number of aliphatic imine (C=N–C) groups is 1. The number of likely N-dealkylation sites (tertiary alicyclic amines) is 1. The van der Waals surface area contributed by atoms with E-state index in [9.17, 15) is 4.79 Å². The second-order valence-corrected chi connectivity index (χ2v) is 8.53. The second-order valence-electron chi connectivity index (χ2n) is 8.13. The van der Waals surface area contributed by atoms with Crippen LogP contribution in [0.5, 0.6) is 0 Å². The lowest BCUT2D eigenvalue weighted by atomic mass is 9.85. The fraction of sp³-hybridized carbons (Fsp3) is 0.619. The Kier molecular flexibility index (Phi) is 7.54. The van der Waals surface area contributed by atoms with Gasteiger partial charge in [-0.25, -0.2) is 0 Å². The summed E-state index contributed by atoms with van der Waals surface area (Å²) < 4.78 is 0. The summed E-state index contributed by atoms with van der Waals surface area (Å²) in [4.78, 5) is 18.9. The molecule has 1 fully saturated rings. The van der Waals surface area contributed by atoms with Crippen LogP contribution >= 0.6 is 11.6 Å². The first-order chi connectivity index (χ1) is 12.7. The highest BCUT2D eigenvalue weighted by atomic mass is 35.5. The largest absolute Gasteiger partial charge is 0.357 e. The SMILES string of the molecule is CCNC(=NCC(C)(C)c1ccccc1Cl)NC1CCN(C(=O)C(C)C)C1. The van der Waals surface area contributed by atoms with E-state index in [0.29, 0.717) is 6.54 Å². The monoisotopic (exact) mass is 392 g/mol. The molecule has 0 aliphatic carbocycles. The molecule has 0 bridgehead atoms. The molecule has 2 N–H and O–H groups in total. The van der Waals surface area contributed by atoms with Gasteiger partial charge in [-0.15, -0.1) is 0 Å². The quantitative estimate of drug-likeness (QED) is 0.576. The minimum atomic E-state index is -0.171. The molecule has 2 rings (SSSR count). The second kappa shape index (κ2) is 9.45. The van der Waals surface area contributed by atoms with Gasteiger partial charge in [-0.3, -0.25) is 9.79 Å². The highest BCUT2D eigenvalue weighted by Crippen LogP contribution is 2.29. The molecule has 1 aromatic carbocycles. The summed E-state index contributed by atoms with van der Waals surface area (Å²) in [6.07, 6.45) is 0.941. The Hall–Kier alpha value is -1.75. The minimum absolute atomic E-state index is 0.0436. The molecule has 0 spiro atoms. The normalized spacial score (nSPS) is 18.1. The average molecular weight is 393 g/mol. The number of guanidine groups is 1. The van der Waals surface area contributed by atoms with Crippen LogP contribution in [0.2, 0.25) is 5.02 Å². The van der Waals surface area contributed by atoms with Gasteiger partial charge in [0.05, 0.1) is 6.54 Å².